The van der Waals surface area contributed by atoms with Crippen LogP contribution in [-0.2, 0) is 33.8 Å². The van der Waals surface area contributed by atoms with E-state index in [1.807, 2.05) is 74.5 Å². The zero-order valence-electron chi connectivity index (χ0n) is 20.2. The molecule has 0 N–H and O–H groups in total. The maximum atomic E-state index is 12.8. The highest BCUT2D eigenvalue weighted by molar-refractivity contribution is 5.78. The Bertz CT molecular complexity index is 1130. The molecule has 0 aliphatic rings. The van der Waals surface area contributed by atoms with E-state index in [2.05, 4.69) is 6.07 Å². The van der Waals surface area contributed by atoms with E-state index < -0.39 is 0 Å². The Hall–Kier alpha value is -3.80. The van der Waals surface area contributed by atoms with E-state index in [9.17, 15) is 9.59 Å². The van der Waals surface area contributed by atoms with Crippen LogP contribution in [0.4, 0.5) is 4.79 Å². The first-order valence-electron chi connectivity index (χ1n) is 11.2. The predicted molar refractivity (Wildman–Crippen MR) is 132 cm³/mol. The first kappa shape index (κ1) is 24.8. The molecule has 0 aliphatic carbocycles. The SMILES string of the molecule is CCN(Cc1cc(C)ccc1-c1cc(CC(=O)OC)ccc1OC)C(=O)OCc1ccccc1. The fourth-order valence-corrected chi connectivity index (χ4v) is 3.75. The molecule has 0 heterocycles. The summed E-state index contributed by atoms with van der Waals surface area (Å²) in [6.45, 7) is 5.05. The van der Waals surface area contributed by atoms with Gasteiger partial charge in [-0.25, -0.2) is 4.79 Å². The molecule has 0 bridgehead atoms. The molecule has 1 amide bonds. The molecule has 0 aromatic heterocycles. The highest BCUT2D eigenvalue weighted by atomic mass is 16.6. The lowest BCUT2D eigenvalue weighted by molar-refractivity contribution is -0.139. The quantitative estimate of drug-likeness (QED) is 0.391. The molecule has 178 valence electrons. The van der Waals surface area contributed by atoms with Gasteiger partial charge in [-0.15, -0.1) is 0 Å². The molecule has 6 heteroatoms. The minimum Gasteiger partial charge on any atom is -0.496 e. The molecule has 0 saturated heterocycles. The number of ether oxygens (including phenoxy) is 3. The number of benzene rings is 3. The molecular formula is C28H31NO5. The van der Waals surface area contributed by atoms with Crippen LogP contribution >= 0.6 is 0 Å². The number of hydrogen-bond donors (Lipinski definition) is 0. The lowest BCUT2D eigenvalue weighted by atomic mass is 9.94. The van der Waals surface area contributed by atoms with Crippen LogP contribution in [0.15, 0.2) is 66.7 Å². The Morgan fingerprint density at radius 3 is 2.32 bits per heavy atom. The number of hydrogen-bond acceptors (Lipinski definition) is 5. The molecule has 3 aromatic carbocycles. The summed E-state index contributed by atoms with van der Waals surface area (Å²) in [4.78, 5) is 26.3. The van der Waals surface area contributed by atoms with Gasteiger partial charge in [0.15, 0.2) is 0 Å². The summed E-state index contributed by atoms with van der Waals surface area (Å²) in [7, 11) is 2.99. The van der Waals surface area contributed by atoms with Crippen molar-refractivity contribution in [3.8, 4) is 16.9 Å². The number of rotatable bonds is 9. The highest BCUT2D eigenvalue weighted by Gasteiger charge is 2.19. The third kappa shape index (κ3) is 6.38. The molecule has 0 aliphatic heterocycles. The van der Waals surface area contributed by atoms with E-state index in [-0.39, 0.29) is 25.1 Å². The predicted octanol–water partition coefficient (Wildman–Crippen LogP) is 5.54. The number of aryl methyl sites for hydroxylation is 1. The molecular weight excluding hydrogens is 430 g/mol. The minimum atomic E-state index is -0.370. The second-order valence-electron chi connectivity index (χ2n) is 8.00. The Kier molecular flexibility index (Phi) is 8.68. The monoisotopic (exact) mass is 461 g/mol. The number of methoxy groups -OCH3 is 2. The Morgan fingerprint density at radius 1 is 0.882 bits per heavy atom. The topological polar surface area (TPSA) is 65.1 Å². The molecule has 0 atom stereocenters. The van der Waals surface area contributed by atoms with Crippen molar-refractivity contribution in [2.45, 2.75) is 33.4 Å². The van der Waals surface area contributed by atoms with Crippen LogP contribution in [0, 0.1) is 6.92 Å². The van der Waals surface area contributed by atoms with Crippen molar-refractivity contribution in [2.24, 2.45) is 0 Å². The third-order valence-corrected chi connectivity index (χ3v) is 5.60. The standard InChI is InChI=1S/C28H31NO5/c1-5-29(28(31)34-19-21-9-7-6-8-10-21)18-23-15-20(2)11-13-24(23)25-16-22(17-27(30)33-4)12-14-26(25)32-3/h6-16H,5,17-19H2,1-4H3. The summed E-state index contributed by atoms with van der Waals surface area (Å²) in [5, 5.41) is 0. The van der Waals surface area contributed by atoms with Gasteiger partial charge in [0.1, 0.15) is 12.4 Å². The van der Waals surface area contributed by atoms with Gasteiger partial charge in [0, 0.05) is 18.7 Å². The largest absolute Gasteiger partial charge is 0.496 e. The van der Waals surface area contributed by atoms with Crippen molar-refractivity contribution in [1.82, 2.24) is 4.90 Å². The van der Waals surface area contributed by atoms with E-state index in [4.69, 9.17) is 14.2 Å². The molecule has 6 nitrogen and oxygen atoms in total. The van der Waals surface area contributed by atoms with E-state index in [1.54, 1.807) is 12.0 Å². The van der Waals surface area contributed by atoms with Gasteiger partial charge in [-0.2, -0.15) is 0 Å². The van der Waals surface area contributed by atoms with Crippen molar-refractivity contribution < 1.29 is 23.8 Å². The summed E-state index contributed by atoms with van der Waals surface area (Å²) in [6, 6.07) is 21.4. The fourth-order valence-electron chi connectivity index (χ4n) is 3.75. The number of nitrogens with zero attached hydrogens (tertiary/aromatic N) is 1. The first-order chi connectivity index (χ1) is 16.4. The van der Waals surface area contributed by atoms with Gasteiger partial charge in [-0.05, 0) is 48.2 Å². The summed E-state index contributed by atoms with van der Waals surface area (Å²) in [6.07, 6.45) is -0.202. The van der Waals surface area contributed by atoms with E-state index in [0.29, 0.717) is 18.8 Å². The molecule has 0 unspecified atom stereocenters. The van der Waals surface area contributed by atoms with Crippen LogP contribution in [0.25, 0.3) is 11.1 Å². The molecule has 3 aromatic rings. The van der Waals surface area contributed by atoms with E-state index in [0.717, 1.165) is 33.4 Å². The van der Waals surface area contributed by atoms with Crippen LogP contribution < -0.4 is 4.74 Å². The van der Waals surface area contributed by atoms with Crippen LogP contribution in [0.2, 0.25) is 0 Å². The van der Waals surface area contributed by atoms with Crippen LogP contribution in [0.3, 0.4) is 0 Å². The van der Waals surface area contributed by atoms with Crippen molar-refractivity contribution >= 4 is 12.1 Å². The number of amides is 1. The average molecular weight is 462 g/mol. The summed E-state index contributed by atoms with van der Waals surface area (Å²) in [5.74, 6) is 0.381. The molecule has 3 rings (SSSR count). The summed E-state index contributed by atoms with van der Waals surface area (Å²) in [5.41, 5.74) is 5.60. The van der Waals surface area contributed by atoms with Gasteiger partial charge in [-0.1, -0.05) is 60.2 Å². The highest BCUT2D eigenvalue weighted by Crippen LogP contribution is 2.34. The Labute approximate surface area is 201 Å². The second kappa shape index (κ2) is 11.9. The maximum Gasteiger partial charge on any atom is 0.410 e. The van der Waals surface area contributed by atoms with Gasteiger partial charge in [-0.3, -0.25) is 4.79 Å². The lowest BCUT2D eigenvalue weighted by Gasteiger charge is -2.23. The molecule has 0 saturated carbocycles. The maximum absolute atomic E-state index is 12.8. The van der Waals surface area contributed by atoms with Crippen molar-refractivity contribution in [3.05, 3.63) is 89.0 Å². The summed E-state index contributed by atoms with van der Waals surface area (Å²) < 4.78 is 16.0. The third-order valence-electron chi connectivity index (χ3n) is 5.60. The molecule has 0 spiro atoms. The fraction of sp³-hybridized carbons (Fsp3) is 0.286. The average Bonchev–Trinajstić information content (AvgIpc) is 2.86. The molecule has 34 heavy (non-hydrogen) atoms. The lowest BCUT2D eigenvalue weighted by Crippen LogP contribution is -2.31. The Balaban J connectivity index is 1.88. The van der Waals surface area contributed by atoms with Gasteiger partial charge < -0.3 is 19.1 Å². The van der Waals surface area contributed by atoms with Gasteiger partial charge in [0.05, 0.1) is 20.6 Å². The first-order valence-corrected chi connectivity index (χ1v) is 11.2. The van der Waals surface area contributed by atoms with Gasteiger partial charge >= 0.3 is 12.1 Å². The normalized spacial score (nSPS) is 10.5. The van der Waals surface area contributed by atoms with Gasteiger partial charge in [0.2, 0.25) is 0 Å². The summed E-state index contributed by atoms with van der Waals surface area (Å²) >= 11 is 0. The smallest absolute Gasteiger partial charge is 0.410 e. The van der Waals surface area contributed by atoms with Crippen molar-refractivity contribution in [1.29, 1.82) is 0 Å². The number of carbonyl (C=O) groups excluding carboxylic acids is 2. The zero-order chi connectivity index (χ0) is 24.5. The second-order valence-corrected chi connectivity index (χ2v) is 8.00. The van der Waals surface area contributed by atoms with E-state index in [1.165, 1.54) is 7.11 Å². The molecule has 0 radical (unpaired) electrons. The number of carbonyl (C=O) groups is 2. The van der Waals surface area contributed by atoms with Crippen LogP contribution in [0.1, 0.15) is 29.2 Å². The number of esters is 1. The zero-order valence-corrected chi connectivity index (χ0v) is 20.2. The minimum absolute atomic E-state index is 0.168. The van der Waals surface area contributed by atoms with Crippen LogP contribution in [0.5, 0.6) is 5.75 Å². The van der Waals surface area contributed by atoms with E-state index >= 15 is 0 Å². The Morgan fingerprint density at radius 2 is 1.65 bits per heavy atom. The van der Waals surface area contributed by atoms with Gasteiger partial charge in [0.25, 0.3) is 0 Å². The van der Waals surface area contributed by atoms with Crippen LogP contribution in [-0.4, -0.2) is 37.7 Å². The van der Waals surface area contributed by atoms with Crippen molar-refractivity contribution in [3.63, 3.8) is 0 Å². The molecule has 0 fully saturated rings. The van der Waals surface area contributed by atoms with Crippen molar-refractivity contribution in [2.75, 3.05) is 20.8 Å².